The van der Waals surface area contributed by atoms with Crippen molar-refractivity contribution in [1.82, 2.24) is 4.98 Å². The molecular formula is C25H26N2O5. The van der Waals surface area contributed by atoms with Crippen molar-refractivity contribution in [2.24, 2.45) is 0 Å². The van der Waals surface area contributed by atoms with E-state index in [1.54, 1.807) is 12.1 Å². The van der Waals surface area contributed by atoms with Gasteiger partial charge in [-0.3, -0.25) is 10.1 Å². The van der Waals surface area contributed by atoms with E-state index >= 15 is 0 Å². The van der Waals surface area contributed by atoms with E-state index in [-0.39, 0.29) is 22.7 Å². The lowest BCUT2D eigenvalue weighted by Gasteiger charge is -2.25. The van der Waals surface area contributed by atoms with Crippen molar-refractivity contribution in [3.8, 4) is 23.1 Å². The van der Waals surface area contributed by atoms with Crippen molar-refractivity contribution in [2.75, 3.05) is 0 Å². The van der Waals surface area contributed by atoms with Gasteiger partial charge in [0.05, 0.1) is 17.3 Å². The molecule has 0 saturated heterocycles. The second-order valence-electron chi connectivity index (χ2n) is 8.51. The number of nitro benzene ring substituents is 1. The molecule has 0 unspecified atom stereocenters. The molecule has 0 spiro atoms. The van der Waals surface area contributed by atoms with Crippen molar-refractivity contribution >= 4 is 16.8 Å². The van der Waals surface area contributed by atoms with Gasteiger partial charge in [-0.15, -0.1) is 0 Å². The van der Waals surface area contributed by atoms with Gasteiger partial charge in [-0.2, -0.15) is 0 Å². The number of rotatable bonds is 9. The number of fused-ring (bicyclic) bond motifs is 1. The first-order chi connectivity index (χ1) is 15.4. The molecule has 166 valence electrons. The minimum absolute atomic E-state index is 0.0571. The Bertz CT molecular complexity index is 1210. The van der Waals surface area contributed by atoms with Gasteiger partial charge >= 0.3 is 5.69 Å². The zero-order valence-corrected chi connectivity index (χ0v) is 18.5. The Hall–Kier alpha value is -3.61. The lowest BCUT2D eigenvalue weighted by molar-refractivity contribution is -0.385. The summed E-state index contributed by atoms with van der Waals surface area (Å²) in [7, 11) is 0. The highest BCUT2D eigenvalue weighted by Crippen LogP contribution is 2.38. The molecule has 2 aromatic heterocycles. The topological polar surface area (TPSA) is 91.5 Å². The molecule has 2 aromatic carbocycles. The summed E-state index contributed by atoms with van der Waals surface area (Å²) in [6.07, 6.45) is 6.22. The zero-order chi connectivity index (χ0) is 22.7. The predicted octanol–water partition coefficient (Wildman–Crippen LogP) is 7.65. The van der Waals surface area contributed by atoms with Crippen LogP contribution >= 0.6 is 0 Å². The Morgan fingerprint density at radius 2 is 1.91 bits per heavy atom. The van der Waals surface area contributed by atoms with E-state index in [9.17, 15) is 10.1 Å². The van der Waals surface area contributed by atoms with E-state index in [1.807, 2.05) is 24.3 Å². The maximum absolute atomic E-state index is 11.6. The van der Waals surface area contributed by atoms with Crippen LogP contribution in [0.5, 0.6) is 11.5 Å². The summed E-state index contributed by atoms with van der Waals surface area (Å²) >= 11 is 0. The molecule has 7 nitrogen and oxygen atoms in total. The summed E-state index contributed by atoms with van der Waals surface area (Å²) in [5.74, 6) is 1.33. The second kappa shape index (κ2) is 8.86. The van der Waals surface area contributed by atoms with E-state index in [1.165, 1.54) is 43.2 Å². The number of nitro groups is 1. The molecule has 0 fully saturated rings. The van der Waals surface area contributed by atoms with Crippen LogP contribution in [0.25, 0.3) is 22.8 Å². The first kappa shape index (κ1) is 21.6. The highest BCUT2D eigenvalue weighted by molar-refractivity contribution is 5.81. The van der Waals surface area contributed by atoms with Gasteiger partial charge in [-0.05, 0) is 41.7 Å². The number of hydrogen-bond acceptors (Lipinski definition) is 6. The minimum Gasteiger partial charge on any atom is -0.459 e. The van der Waals surface area contributed by atoms with Crippen LogP contribution in [0.4, 0.5) is 5.69 Å². The summed E-state index contributed by atoms with van der Waals surface area (Å²) < 4.78 is 16.8. The smallest absolute Gasteiger partial charge is 0.315 e. The molecule has 0 aliphatic carbocycles. The Morgan fingerprint density at radius 1 is 1.12 bits per heavy atom. The Labute approximate surface area is 186 Å². The lowest BCUT2D eigenvalue weighted by Crippen LogP contribution is -2.16. The molecule has 0 saturated carbocycles. The summed E-state index contributed by atoms with van der Waals surface area (Å²) in [6, 6.07) is 14.0. The maximum atomic E-state index is 11.6. The van der Waals surface area contributed by atoms with Crippen molar-refractivity contribution in [3.05, 3.63) is 70.5 Å². The van der Waals surface area contributed by atoms with Crippen LogP contribution in [0.1, 0.15) is 52.0 Å². The number of furan rings is 1. The average molecular weight is 434 g/mol. The molecule has 0 amide bonds. The molecule has 0 radical (unpaired) electrons. The molecule has 4 rings (SSSR count). The monoisotopic (exact) mass is 434 g/mol. The number of ether oxygens (including phenoxy) is 1. The highest BCUT2D eigenvalue weighted by Gasteiger charge is 2.23. The fourth-order valence-corrected chi connectivity index (χ4v) is 3.74. The molecule has 0 atom stereocenters. The molecular weight excluding hydrogens is 408 g/mol. The van der Waals surface area contributed by atoms with Crippen molar-refractivity contribution < 1.29 is 18.5 Å². The van der Waals surface area contributed by atoms with E-state index in [2.05, 4.69) is 25.8 Å². The minimum atomic E-state index is -0.491. The van der Waals surface area contributed by atoms with E-state index in [0.29, 0.717) is 22.6 Å². The number of hydrogen-bond donors (Lipinski definition) is 0. The van der Waals surface area contributed by atoms with Gasteiger partial charge in [0.25, 0.3) is 5.89 Å². The third kappa shape index (κ3) is 4.51. The van der Waals surface area contributed by atoms with Gasteiger partial charge in [0.15, 0.2) is 11.3 Å². The molecule has 4 aromatic rings. The number of benzene rings is 2. The van der Waals surface area contributed by atoms with Gasteiger partial charge in [-0.25, -0.2) is 4.98 Å². The predicted molar refractivity (Wildman–Crippen MR) is 122 cm³/mol. The second-order valence-corrected chi connectivity index (χ2v) is 8.51. The highest BCUT2D eigenvalue weighted by atomic mass is 16.6. The van der Waals surface area contributed by atoms with Crippen LogP contribution in [0.2, 0.25) is 0 Å². The Balaban J connectivity index is 1.60. The quantitative estimate of drug-likeness (QED) is 0.153. The lowest BCUT2D eigenvalue weighted by atomic mass is 9.80. The van der Waals surface area contributed by atoms with Gasteiger partial charge < -0.3 is 13.6 Å². The fourth-order valence-electron chi connectivity index (χ4n) is 3.74. The fraction of sp³-hybridized carbons (Fsp3) is 0.320. The van der Waals surface area contributed by atoms with Crippen LogP contribution < -0.4 is 4.74 Å². The standard InChI is InChI=1S/C25H26N2O5/c1-4-5-6-13-25(2,3)17-9-11-18(12-10-17)31-23-15-19-22(16-20(23)27(28)29)32-24(26-19)21-8-7-14-30-21/h7-12,14-16H,4-6,13H2,1-3H3. The normalized spacial score (nSPS) is 11.7. The Morgan fingerprint density at radius 3 is 2.56 bits per heavy atom. The number of oxazole rings is 1. The van der Waals surface area contributed by atoms with Crippen molar-refractivity contribution in [1.29, 1.82) is 0 Å². The van der Waals surface area contributed by atoms with Crippen LogP contribution in [0.15, 0.2) is 63.6 Å². The van der Waals surface area contributed by atoms with Crippen LogP contribution in [0, 0.1) is 10.1 Å². The molecule has 2 heterocycles. The first-order valence-electron chi connectivity index (χ1n) is 10.8. The van der Waals surface area contributed by atoms with Gasteiger partial charge in [-0.1, -0.05) is 52.2 Å². The largest absolute Gasteiger partial charge is 0.459 e. The van der Waals surface area contributed by atoms with E-state index in [4.69, 9.17) is 13.6 Å². The third-order valence-electron chi connectivity index (χ3n) is 5.67. The summed E-state index contributed by atoms with van der Waals surface area (Å²) in [6.45, 7) is 6.67. The molecule has 0 aliphatic rings. The van der Waals surface area contributed by atoms with Crippen molar-refractivity contribution in [3.63, 3.8) is 0 Å². The summed E-state index contributed by atoms with van der Waals surface area (Å²) in [5.41, 5.74) is 1.82. The summed E-state index contributed by atoms with van der Waals surface area (Å²) in [4.78, 5) is 15.5. The molecule has 32 heavy (non-hydrogen) atoms. The van der Waals surface area contributed by atoms with Crippen LogP contribution in [-0.4, -0.2) is 9.91 Å². The van der Waals surface area contributed by atoms with Crippen molar-refractivity contribution in [2.45, 2.75) is 51.9 Å². The SMILES string of the molecule is CCCCCC(C)(C)c1ccc(Oc2cc3nc(-c4ccco4)oc3cc2[N+](=O)[O-])cc1. The van der Waals surface area contributed by atoms with Gasteiger partial charge in [0.2, 0.25) is 5.75 Å². The number of aromatic nitrogens is 1. The van der Waals surface area contributed by atoms with E-state index in [0.717, 1.165) is 6.42 Å². The number of unbranched alkanes of at least 4 members (excludes halogenated alkanes) is 2. The molecule has 0 aliphatic heterocycles. The summed E-state index contributed by atoms with van der Waals surface area (Å²) in [5, 5.41) is 11.6. The zero-order valence-electron chi connectivity index (χ0n) is 18.5. The van der Waals surface area contributed by atoms with Crippen LogP contribution in [0.3, 0.4) is 0 Å². The third-order valence-corrected chi connectivity index (χ3v) is 5.67. The maximum Gasteiger partial charge on any atom is 0.315 e. The number of nitrogens with zero attached hydrogens (tertiary/aromatic N) is 2. The Kier molecular flexibility index (Phi) is 5.99. The molecule has 0 bridgehead atoms. The van der Waals surface area contributed by atoms with Gasteiger partial charge in [0.1, 0.15) is 11.3 Å². The first-order valence-corrected chi connectivity index (χ1v) is 10.8. The van der Waals surface area contributed by atoms with E-state index < -0.39 is 4.92 Å². The molecule has 0 N–H and O–H groups in total. The molecule has 7 heteroatoms. The average Bonchev–Trinajstić information content (AvgIpc) is 3.43. The van der Waals surface area contributed by atoms with Gasteiger partial charge in [0, 0.05) is 6.07 Å². The van der Waals surface area contributed by atoms with Crippen LogP contribution in [-0.2, 0) is 5.41 Å².